The van der Waals surface area contributed by atoms with Gasteiger partial charge in [-0.2, -0.15) is 0 Å². The molecule has 0 atom stereocenters. The second-order valence-corrected chi connectivity index (χ2v) is 8.24. The van der Waals surface area contributed by atoms with E-state index in [4.69, 9.17) is 26.0 Å². The average molecular weight is 425 g/mol. The highest BCUT2D eigenvalue weighted by molar-refractivity contribution is 6.22. The van der Waals surface area contributed by atoms with Crippen molar-refractivity contribution in [2.45, 2.75) is 12.8 Å². The Morgan fingerprint density at radius 2 is 2.13 bits per heavy atom. The summed E-state index contributed by atoms with van der Waals surface area (Å²) in [7, 11) is 2.31. The second-order valence-electron chi connectivity index (χ2n) is 8.24. The Bertz CT molecular complexity index is 1060. The van der Waals surface area contributed by atoms with Crippen molar-refractivity contribution in [1.82, 2.24) is 9.61 Å². The van der Waals surface area contributed by atoms with Crippen LogP contribution in [0.2, 0.25) is 0 Å². The number of likely N-dealkylation sites (N-methyl/N-ethyl adjacent to an activating group) is 1. The van der Waals surface area contributed by atoms with Gasteiger partial charge >= 0.3 is 0 Å². The topological polar surface area (TPSA) is 121 Å². The van der Waals surface area contributed by atoms with Crippen LogP contribution in [0.3, 0.4) is 0 Å². The summed E-state index contributed by atoms with van der Waals surface area (Å²) in [5, 5.41) is 25.2. The fourth-order valence-corrected chi connectivity index (χ4v) is 4.06. The lowest BCUT2D eigenvalue weighted by Crippen LogP contribution is -2.44. The van der Waals surface area contributed by atoms with Gasteiger partial charge in [-0.05, 0) is 18.2 Å². The Hall–Kier alpha value is -3.17. The largest absolute Gasteiger partial charge is 0.489 e. The second kappa shape index (κ2) is 8.91. The molecule has 2 aromatic heterocycles. The number of allylic oxidation sites excluding steroid dienone is 2. The van der Waals surface area contributed by atoms with E-state index in [-0.39, 0.29) is 18.9 Å². The number of anilines is 1. The number of fused-ring (bicyclic) bond motifs is 1. The first kappa shape index (κ1) is 21.1. The summed E-state index contributed by atoms with van der Waals surface area (Å²) in [5.74, 6) is 1.03. The lowest BCUT2D eigenvalue weighted by molar-refractivity contribution is -0.895. The van der Waals surface area contributed by atoms with E-state index in [1.807, 2.05) is 24.4 Å². The minimum Gasteiger partial charge on any atom is -0.489 e. The number of likely N-dealkylation sites (tertiary alicyclic amines) is 1. The molecule has 2 aliphatic rings. The Morgan fingerprint density at radius 1 is 1.32 bits per heavy atom. The minimum absolute atomic E-state index is 0.107. The number of aliphatic hydroxyl groups is 1. The van der Waals surface area contributed by atoms with Crippen molar-refractivity contribution in [2.75, 3.05) is 51.8 Å². The number of hydrogen-bond donors (Lipinski definition) is 4. The van der Waals surface area contributed by atoms with Crippen molar-refractivity contribution < 1.29 is 14.3 Å². The van der Waals surface area contributed by atoms with Gasteiger partial charge in [0.1, 0.15) is 18.1 Å². The summed E-state index contributed by atoms with van der Waals surface area (Å²) in [6.07, 6.45) is 7.62. The maximum Gasteiger partial charge on any atom is 0.175 e. The van der Waals surface area contributed by atoms with Crippen LogP contribution in [-0.2, 0) is 4.74 Å². The smallest absolute Gasteiger partial charge is 0.175 e. The highest BCUT2D eigenvalue weighted by Gasteiger charge is 2.26. The summed E-state index contributed by atoms with van der Waals surface area (Å²) >= 11 is 0. The molecule has 164 valence electrons. The predicted octanol–water partition coefficient (Wildman–Crippen LogP) is 1.83. The molecule has 0 spiro atoms. The van der Waals surface area contributed by atoms with Crippen LogP contribution in [0, 0.1) is 5.41 Å². The maximum absolute atomic E-state index is 9.03. The molecule has 2 aromatic rings. The maximum atomic E-state index is 9.03. The number of quaternary nitrogens is 1. The molecule has 0 unspecified atom stereocenters. The molecule has 5 N–H and O–H groups in total. The first-order valence-electron chi connectivity index (χ1n) is 10.6. The van der Waals surface area contributed by atoms with Crippen molar-refractivity contribution in [3.05, 3.63) is 48.0 Å². The number of aliphatic imine (C=N–C) groups is 1. The summed E-state index contributed by atoms with van der Waals surface area (Å²) in [5.41, 5.74) is 8.77. The molecule has 0 aromatic carbocycles. The normalized spacial score (nSPS) is 19.5. The van der Waals surface area contributed by atoms with Crippen molar-refractivity contribution in [3.8, 4) is 0 Å². The standard InChI is InChI=1S/C22H30N7O2/c1-29(9-4-5-10-29)11-7-25-22-21(19-6-2-3-8-28(19)27-22)26-18-15-20(31-13-12-30)17(24)14-16(18)23/h2-3,6,8,14-15,24,30H,4-5,7,9-13,23H2,1H3,(H,25,27)/q+1/b24-17?,26-18+. The molecule has 0 radical (unpaired) electrons. The van der Waals surface area contributed by atoms with Gasteiger partial charge in [0, 0.05) is 25.1 Å². The van der Waals surface area contributed by atoms with E-state index >= 15 is 0 Å². The molecule has 1 aliphatic carbocycles. The Balaban J connectivity index is 1.64. The minimum atomic E-state index is -0.129. The first-order chi connectivity index (χ1) is 15.0. The number of aliphatic hydroxyl groups excluding tert-OH is 1. The number of nitrogens with zero attached hydrogens (tertiary/aromatic N) is 4. The average Bonchev–Trinajstić information content (AvgIpc) is 3.33. The van der Waals surface area contributed by atoms with E-state index in [2.05, 4.69) is 17.5 Å². The van der Waals surface area contributed by atoms with Crippen LogP contribution in [0.4, 0.5) is 11.5 Å². The van der Waals surface area contributed by atoms with Gasteiger partial charge in [-0.1, -0.05) is 6.07 Å². The number of hydrogen-bond acceptors (Lipinski definition) is 7. The number of pyridine rings is 1. The third kappa shape index (κ3) is 4.62. The van der Waals surface area contributed by atoms with Crippen LogP contribution in [0.1, 0.15) is 12.8 Å². The molecule has 9 heteroatoms. The third-order valence-corrected chi connectivity index (χ3v) is 5.81. The molecule has 9 nitrogen and oxygen atoms in total. The summed E-state index contributed by atoms with van der Waals surface area (Å²) in [6, 6.07) is 5.83. The molecule has 0 amide bonds. The Morgan fingerprint density at radius 3 is 2.90 bits per heavy atom. The summed E-state index contributed by atoms with van der Waals surface area (Å²) in [4.78, 5) is 4.80. The van der Waals surface area contributed by atoms with E-state index in [1.165, 1.54) is 32.0 Å². The molecule has 1 aliphatic heterocycles. The molecule has 0 bridgehead atoms. The molecule has 4 rings (SSSR count). The van der Waals surface area contributed by atoms with Gasteiger partial charge in [-0.15, -0.1) is 5.10 Å². The van der Waals surface area contributed by atoms with E-state index in [0.29, 0.717) is 28.7 Å². The first-order valence-corrected chi connectivity index (χ1v) is 10.6. The third-order valence-electron chi connectivity index (χ3n) is 5.81. The fraction of sp³-hybridized carbons (Fsp3) is 0.409. The van der Waals surface area contributed by atoms with Crippen LogP contribution in [-0.4, -0.2) is 77.1 Å². The van der Waals surface area contributed by atoms with Crippen LogP contribution in [0.25, 0.3) is 5.52 Å². The van der Waals surface area contributed by atoms with Gasteiger partial charge in [0.25, 0.3) is 0 Å². The van der Waals surface area contributed by atoms with Crippen LogP contribution in [0.5, 0.6) is 0 Å². The van der Waals surface area contributed by atoms with Gasteiger partial charge in [-0.25, -0.2) is 9.51 Å². The summed E-state index contributed by atoms with van der Waals surface area (Å²) < 4.78 is 8.34. The number of rotatable bonds is 8. The molecule has 0 saturated carbocycles. The lowest BCUT2D eigenvalue weighted by Gasteiger charge is -2.29. The van der Waals surface area contributed by atoms with Gasteiger partial charge in [-0.3, -0.25) is 5.41 Å². The highest BCUT2D eigenvalue weighted by Crippen LogP contribution is 2.31. The molecule has 31 heavy (non-hydrogen) atoms. The Kier molecular flexibility index (Phi) is 6.06. The fourth-order valence-electron chi connectivity index (χ4n) is 4.06. The monoisotopic (exact) mass is 424 g/mol. The zero-order chi connectivity index (χ0) is 21.8. The van der Waals surface area contributed by atoms with Gasteiger partial charge in [0.05, 0.1) is 62.5 Å². The zero-order valence-electron chi connectivity index (χ0n) is 17.8. The highest BCUT2D eigenvalue weighted by atomic mass is 16.5. The molecule has 1 saturated heterocycles. The summed E-state index contributed by atoms with van der Waals surface area (Å²) in [6.45, 7) is 4.25. The molecular weight excluding hydrogens is 394 g/mol. The molecule has 3 heterocycles. The zero-order valence-corrected chi connectivity index (χ0v) is 17.8. The van der Waals surface area contributed by atoms with Gasteiger partial charge in [0.2, 0.25) is 0 Å². The van der Waals surface area contributed by atoms with Crippen molar-refractivity contribution in [2.24, 2.45) is 10.7 Å². The van der Waals surface area contributed by atoms with Crippen molar-refractivity contribution >= 4 is 28.4 Å². The van der Waals surface area contributed by atoms with Crippen LogP contribution < -0.4 is 11.1 Å². The Labute approximate surface area is 181 Å². The van der Waals surface area contributed by atoms with Gasteiger partial charge in [0.15, 0.2) is 5.82 Å². The van der Waals surface area contributed by atoms with Crippen LogP contribution >= 0.6 is 0 Å². The molecular formula is C22H30N7O2+. The SMILES string of the molecule is C[N+]1(CCNc2nn3ccccc3c2/N=C2\C=C(OCCO)C(=N)C=C2N)CCCC1. The number of nitrogens with one attached hydrogen (secondary N) is 2. The van der Waals surface area contributed by atoms with E-state index in [0.717, 1.165) is 23.1 Å². The van der Waals surface area contributed by atoms with E-state index in [1.54, 1.807) is 10.6 Å². The van der Waals surface area contributed by atoms with Gasteiger partial charge < -0.3 is 25.4 Å². The van der Waals surface area contributed by atoms with E-state index < -0.39 is 0 Å². The number of nitrogens with two attached hydrogens (primary N) is 1. The predicted molar refractivity (Wildman–Crippen MR) is 122 cm³/mol. The van der Waals surface area contributed by atoms with Crippen LogP contribution in [0.15, 0.2) is 53.0 Å². The molecule has 1 fully saturated rings. The quantitative estimate of drug-likeness (QED) is 0.381. The van der Waals surface area contributed by atoms with E-state index in [9.17, 15) is 0 Å². The van der Waals surface area contributed by atoms with Crippen molar-refractivity contribution in [3.63, 3.8) is 0 Å². The lowest BCUT2D eigenvalue weighted by atomic mass is 10.1. The van der Waals surface area contributed by atoms with Crippen molar-refractivity contribution in [1.29, 1.82) is 5.41 Å². The number of ether oxygens (including phenoxy) is 1. The number of aromatic nitrogens is 2.